The van der Waals surface area contributed by atoms with E-state index in [1.165, 1.54) is 18.9 Å². The second-order valence-corrected chi connectivity index (χ2v) is 3.23. The summed E-state index contributed by atoms with van der Waals surface area (Å²) in [5.74, 6) is -0.906. The van der Waals surface area contributed by atoms with Gasteiger partial charge in [0.1, 0.15) is 12.6 Å². The third kappa shape index (κ3) is 5.18. The van der Waals surface area contributed by atoms with Crippen LogP contribution in [0, 0.1) is 0 Å². The molecule has 0 aromatic carbocycles. The summed E-state index contributed by atoms with van der Waals surface area (Å²) in [6.07, 6.45) is 0. The van der Waals surface area contributed by atoms with Crippen LogP contribution in [0.2, 0.25) is 0 Å². The minimum absolute atomic E-state index is 0.155. The van der Waals surface area contributed by atoms with Gasteiger partial charge >= 0.3 is 12.0 Å². The first-order valence-electron chi connectivity index (χ1n) is 4.85. The summed E-state index contributed by atoms with van der Waals surface area (Å²) >= 11 is 0. The van der Waals surface area contributed by atoms with Crippen molar-refractivity contribution in [3.8, 4) is 0 Å². The Bertz CT molecular complexity index is 280. The van der Waals surface area contributed by atoms with Crippen molar-refractivity contribution in [1.82, 2.24) is 10.2 Å². The van der Waals surface area contributed by atoms with Crippen molar-refractivity contribution in [2.24, 2.45) is 5.73 Å². The van der Waals surface area contributed by atoms with E-state index >= 15 is 0 Å². The van der Waals surface area contributed by atoms with Crippen molar-refractivity contribution in [1.29, 1.82) is 0 Å². The molecule has 1 atom stereocenters. The van der Waals surface area contributed by atoms with Crippen LogP contribution < -0.4 is 11.1 Å². The van der Waals surface area contributed by atoms with Crippen molar-refractivity contribution in [2.75, 3.05) is 20.2 Å². The predicted octanol–water partition coefficient (Wildman–Crippen LogP) is -0.935. The molecule has 0 heterocycles. The summed E-state index contributed by atoms with van der Waals surface area (Å²) in [4.78, 5) is 34.3. The number of urea groups is 1. The average Bonchev–Trinajstić information content (AvgIpc) is 2.15. The first kappa shape index (κ1) is 14.2. The van der Waals surface area contributed by atoms with E-state index in [-0.39, 0.29) is 13.2 Å². The minimum Gasteiger partial charge on any atom is -0.465 e. The van der Waals surface area contributed by atoms with Crippen LogP contribution in [0.4, 0.5) is 4.79 Å². The summed E-state index contributed by atoms with van der Waals surface area (Å²) in [6, 6.07) is -1.55. The molecule has 7 heteroatoms. The van der Waals surface area contributed by atoms with Crippen LogP contribution in [-0.4, -0.2) is 49.0 Å². The fourth-order valence-corrected chi connectivity index (χ4v) is 1.08. The molecule has 0 aromatic heterocycles. The Balaban J connectivity index is 4.16. The maximum Gasteiger partial charge on any atom is 0.325 e. The van der Waals surface area contributed by atoms with E-state index in [1.807, 2.05) is 0 Å². The lowest BCUT2D eigenvalue weighted by Gasteiger charge is -2.20. The first-order valence-corrected chi connectivity index (χ1v) is 4.85. The largest absolute Gasteiger partial charge is 0.465 e. The molecular weight excluding hydrogens is 214 g/mol. The predicted molar refractivity (Wildman–Crippen MR) is 56.5 cm³/mol. The first-order chi connectivity index (χ1) is 7.38. The molecule has 0 saturated carbocycles. The van der Waals surface area contributed by atoms with Gasteiger partial charge in [-0.05, 0) is 13.8 Å². The van der Waals surface area contributed by atoms with E-state index in [9.17, 15) is 14.4 Å². The Kier molecular flexibility index (Phi) is 5.91. The fraction of sp³-hybridized carbons (Fsp3) is 0.667. The van der Waals surface area contributed by atoms with Crippen LogP contribution in [0.15, 0.2) is 0 Å². The highest BCUT2D eigenvalue weighted by Gasteiger charge is 2.20. The Labute approximate surface area is 93.9 Å². The number of ether oxygens (including phenoxy) is 1. The van der Waals surface area contributed by atoms with Gasteiger partial charge < -0.3 is 20.7 Å². The van der Waals surface area contributed by atoms with Crippen LogP contribution in [-0.2, 0) is 14.3 Å². The number of nitrogens with zero attached hydrogens (tertiary/aromatic N) is 1. The third-order valence-corrected chi connectivity index (χ3v) is 1.78. The summed E-state index contributed by atoms with van der Waals surface area (Å²) in [7, 11) is 1.44. The monoisotopic (exact) mass is 231 g/mol. The molecule has 92 valence electrons. The van der Waals surface area contributed by atoms with Gasteiger partial charge in [-0.3, -0.25) is 9.59 Å². The molecule has 3 amide bonds. The van der Waals surface area contributed by atoms with Gasteiger partial charge in [0, 0.05) is 7.05 Å². The number of primary amides is 1. The van der Waals surface area contributed by atoms with Crippen molar-refractivity contribution in [2.45, 2.75) is 19.9 Å². The zero-order valence-electron chi connectivity index (χ0n) is 9.65. The second kappa shape index (κ2) is 6.65. The highest BCUT2D eigenvalue weighted by Crippen LogP contribution is 1.93. The number of likely N-dealkylation sites (N-methyl/N-ethyl adjacent to an activating group) is 1. The van der Waals surface area contributed by atoms with Crippen LogP contribution in [0.3, 0.4) is 0 Å². The quantitative estimate of drug-likeness (QED) is 0.596. The summed E-state index contributed by atoms with van der Waals surface area (Å²) < 4.78 is 4.68. The molecule has 0 fully saturated rings. The fourth-order valence-electron chi connectivity index (χ4n) is 1.08. The average molecular weight is 231 g/mol. The van der Waals surface area contributed by atoms with Crippen LogP contribution in [0.5, 0.6) is 0 Å². The summed E-state index contributed by atoms with van der Waals surface area (Å²) in [5, 5.41) is 2.22. The van der Waals surface area contributed by atoms with Gasteiger partial charge in [0.05, 0.1) is 6.61 Å². The van der Waals surface area contributed by atoms with Gasteiger partial charge in [0.15, 0.2) is 0 Å². The number of amides is 3. The molecule has 7 nitrogen and oxygen atoms in total. The minimum atomic E-state index is -0.787. The van der Waals surface area contributed by atoms with E-state index in [0.29, 0.717) is 0 Å². The van der Waals surface area contributed by atoms with E-state index in [2.05, 4.69) is 10.1 Å². The molecule has 0 aliphatic rings. The number of nitrogens with one attached hydrogen (secondary N) is 1. The van der Waals surface area contributed by atoms with Crippen LogP contribution in [0.25, 0.3) is 0 Å². The standard InChI is InChI=1S/C9H17N3O4/c1-4-16-7(13)5-12(3)8(14)6(2)11-9(10)15/h6H,4-5H2,1-3H3,(H3,10,11,15). The molecular formula is C9H17N3O4. The second-order valence-electron chi connectivity index (χ2n) is 3.23. The molecule has 0 aliphatic carbocycles. The molecule has 0 spiro atoms. The zero-order valence-corrected chi connectivity index (χ0v) is 9.65. The highest BCUT2D eigenvalue weighted by molar-refractivity contribution is 5.88. The third-order valence-electron chi connectivity index (χ3n) is 1.78. The smallest absolute Gasteiger partial charge is 0.325 e. The lowest BCUT2D eigenvalue weighted by Crippen LogP contribution is -2.48. The van der Waals surface area contributed by atoms with E-state index in [1.54, 1.807) is 6.92 Å². The van der Waals surface area contributed by atoms with Gasteiger partial charge in [0.2, 0.25) is 5.91 Å². The summed E-state index contributed by atoms with van der Waals surface area (Å²) in [6.45, 7) is 3.26. The van der Waals surface area contributed by atoms with Crippen molar-refractivity contribution in [3.63, 3.8) is 0 Å². The molecule has 0 aromatic rings. The topological polar surface area (TPSA) is 102 Å². The molecule has 0 rings (SSSR count). The number of hydrogen-bond donors (Lipinski definition) is 2. The maximum absolute atomic E-state index is 11.6. The molecule has 0 aliphatic heterocycles. The molecule has 1 unspecified atom stereocenters. The van der Waals surface area contributed by atoms with Gasteiger partial charge in [0.25, 0.3) is 0 Å². The Morgan fingerprint density at radius 1 is 1.44 bits per heavy atom. The lowest BCUT2D eigenvalue weighted by molar-refractivity contribution is -0.148. The number of nitrogens with two attached hydrogens (primary N) is 1. The SMILES string of the molecule is CCOC(=O)CN(C)C(=O)C(C)NC(N)=O. The maximum atomic E-state index is 11.6. The van der Waals surface area contributed by atoms with Gasteiger partial charge in [-0.1, -0.05) is 0 Å². The van der Waals surface area contributed by atoms with Crippen molar-refractivity contribution >= 4 is 17.9 Å². The lowest BCUT2D eigenvalue weighted by atomic mass is 10.3. The number of carbonyl (C=O) groups is 3. The van der Waals surface area contributed by atoms with E-state index in [0.717, 1.165) is 0 Å². The molecule has 0 bridgehead atoms. The highest BCUT2D eigenvalue weighted by atomic mass is 16.5. The van der Waals surface area contributed by atoms with E-state index < -0.39 is 23.9 Å². The van der Waals surface area contributed by atoms with Crippen LogP contribution >= 0.6 is 0 Å². The van der Waals surface area contributed by atoms with Crippen LogP contribution in [0.1, 0.15) is 13.8 Å². The zero-order chi connectivity index (χ0) is 12.7. The van der Waals surface area contributed by atoms with Crippen molar-refractivity contribution in [3.05, 3.63) is 0 Å². The van der Waals surface area contributed by atoms with Gasteiger partial charge in [-0.15, -0.1) is 0 Å². The normalized spacial score (nSPS) is 11.4. The number of hydrogen-bond acceptors (Lipinski definition) is 4. The van der Waals surface area contributed by atoms with Gasteiger partial charge in [-0.2, -0.15) is 0 Å². The van der Waals surface area contributed by atoms with Crippen molar-refractivity contribution < 1.29 is 19.1 Å². The number of carbonyl (C=O) groups excluding carboxylic acids is 3. The molecule has 16 heavy (non-hydrogen) atoms. The van der Waals surface area contributed by atoms with Gasteiger partial charge in [-0.25, -0.2) is 4.79 Å². The number of rotatable bonds is 5. The Hall–Kier alpha value is -1.79. The molecule has 0 saturated heterocycles. The molecule has 3 N–H and O–H groups in total. The number of esters is 1. The van der Waals surface area contributed by atoms with E-state index in [4.69, 9.17) is 5.73 Å². The Morgan fingerprint density at radius 2 is 2.00 bits per heavy atom. The molecule has 0 radical (unpaired) electrons. The Morgan fingerprint density at radius 3 is 2.44 bits per heavy atom. The summed E-state index contributed by atoms with van der Waals surface area (Å²) in [5.41, 5.74) is 4.87.